The third-order valence-electron chi connectivity index (χ3n) is 7.72. The molecule has 0 aromatic heterocycles. The van der Waals surface area contributed by atoms with E-state index >= 15 is 0 Å². The minimum atomic E-state index is -1.29. The predicted octanol–water partition coefficient (Wildman–Crippen LogP) is 9.65. The highest BCUT2D eigenvalue weighted by atomic mass is 35.5. The first kappa shape index (κ1) is 26.3. The van der Waals surface area contributed by atoms with Gasteiger partial charge in [-0.15, -0.1) is 23.2 Å². The van der Waals surface area contributed by atoms with Crippen LogP contribution in [0.15, 0.2) is 146 Å². The van der Waals surface area contributed by atoms with Gasteiger partial charge in [0.1, 0.15) is 9.75 Å². The fraction of sp³-hybridized carbons (Fsp3) is 0.108. The van der Waals surface area contributed by atoms with Gasteiger partial charge >= 0.3 is 0 Å². The molecule has 2 aliphatic rings. The SMILES string of the molecule is O=C(C1(Cl)C=CC(c2ccccc2)=C(c2ccccc2)C1)C1(Cl)C=CC(c2ccccc2)=C(c2ccccc2)C1. The molecule has 0 N–H and O–H groups in total. The molecule has 0 radical (unpaired) electrons. The third-order valence-corrected chi connectivity index (χ3v) is 8.58. The van der Waals surface area contributed by atoms with Crippen LogP contribution in [0.4, 0.5) is 0 Å². The minimum absolute atomic E-state index is 0.211. The van der Waals surface area contributed by atoms with Crippen molar-refractivity contribution < 1.29 is 4.79 Å². The number of carbonyl (C=O) groups is 1. The largest absolute Gasteiger partial charge is 0.295 e. The molecular weight excluding hydrogens is 531 g/mol. The standard InChI is InChI=1S/C37H28Cl2O/c38-36(23-21-31(27-13-5-1-6-14-27)33(25-36)29-17-9-3-10-18-29)35(40)37(39)24-22-32(28-15-7-2-8-16-28)34(26-37)30-19-11-4-12-20-30/h1-24H,25-26H2. The number of carbonyl (C=O) groups excluding carboxylic acids is 1. The average molecular weight is 560 g/mol. The molecule has 0 heterocycles. The van der Waals surface area contributed by atoms with Gasteiger partial charge in [0.05, 0.1) is 0 Å². The van der Waals surface area contributed by atoms with Gasteiger partial charge in [0.15, 0.2) is 5.78 Å². The van der Waals surface area contributed by atoms with Crippen LogP contribution in [0.1, 0.15) is 35.1 Å². The van der Waals surface area contributed by atoms with E-state index in [1.807, 2.05) is 97.1 Å². The second-order valence-electron chi connectivity index (χ2n) is 10.3. The summed E-state index contributed by atoms with van der Waals surface area (Å²) in [5.74, 6) is -0.211. The van der Waals surface area contributed by atoms with E-state index in [-0.39, 0.29) is 5.78 Å². The number of halogens is 2. The second-order valence-corrected chi connectivity index (χ2v) is 11.7. The van der Waals surface area contributed by atoms with Crippen LogP contribution in [0.2, 0.25) is 0 Å². The molecule has 0 amide bonds. The predicted molar refractivity (Wildman–Crippen MR) is 169 cm³/mol. The van der Waals surface area contributed by atoms with Gasteiger partial charge < -0.3 is 0 Å². The summed E-state index contributed by atoms with van der Waals surface area (Å²) in [5.41, 5.74) is 8.45. The molecule has 40 heavy (non-hydrogen) atoms. The number of hydrogen-bond acceptors (Lipinski definition) is 1. The Bertz CT molecular complexity index is 1530. The van der Waals surface area contributed by atoms with Crippen molar-refractivity contribution in [2.45, 2.75) is 22.6 Å². The van der Waals surface area contributed by atoms with E-state index in [4.69, 9.17) is 23.2 Å². The normalized spacial score (nSPS) is 22.4. The van der Waals surface area contributed by atoms with Gasteiger partial charge in [-0.2, -0.15) is 0 Å². The van der Waals surface area contributed by atoms with E-state index in [1.54, 1.807) is 0 Å². The molecule has 196 valence electrons. The maximum absolute atomic E-state index is 14.4. The number of Topliss-reactive ketones (excluding diaryl/α,β-unsaturated/α-hetero) is 1. The van der Waals surface area contributed by atoms with Crippen LogP contribution < -0.4 is 0 Å². The first-order valence-corrected chi connectivity index (χ1v) is 14.2. The van der Waals surface area contributed by atoms with Crippen molar-refractivity contribution in [1.82, 2.24) is 0 Å². The van der Waals surface area contributed by atoms with Crippen molar-refractivity contribution in [3.63, 3.8) is 0 Å². The third kappa shape index (κ3) is 5.04. The molecule has 0 fully saturated rings. The summed E-state index contributed by atoms with van der Waals surface area (Å²) in [5, 5.41) is 0. The molecule has 0 spiro atoms. The summed E-state index contributed by atoms with van der Waals surface area (Å²) >= 11 is 14.6. The molecule has 0 aliphatic heterocycles. The van der Waals surface area contributed by atoms with Gasteiger partial charge in [-0.3, -0.25) is 4.79 Å². The second kappa shape index (κ2) is 10.9. The van der Waals surface area contributed by atoms with Crippen LogP contribution in [0.5, 0.6) is 0 Å². The highest BCUT2D eigenvalue weighted by molar-refractivity contribution is 6.48. The number of rotatable bonds is 6. The Labute approximate surface area is 245 Å². The Morgan fingerprint density at radius 1 is 0.475 bits per heavy atom. The molecule has 0 saturated heterocycles. The van der Waals surface area contributed by atoms with E-state index in [0.29, 0.717) is 12.8 Å². The first-order valence-electron chi connectivity index (χ1n) is 13.5. The van der Waals surface area contributed by atoms with Gasteiger partial charge in [0.25, 0.3) is 0 Å². The molecule has 2 unspecified atom stereocenters. The first-order chi connectivity index (χ1) is 19.5. The highest BCUT2D eigenvalue weighted by Gasteiger charge is 2.49. The zero-order valence-corrected chi connectivity index (χ0v) is 23.4. The van der Waals surface area contributed by atoms with Gasteiger partial charge in [-0.25, -0.2) is 0 Å². The summed E-state index contributed by atoms with van der Waals surface area (Å²) in [6, 6.07) is 40.7. The van der Waals surface area contributed by atoms with E-state index in [9.17, 15) is 4.79 Å². The van der Waals surface area contributed by atoms with Gasteiger partial charge in [-0.1, -0.05) is 146 Å². The van der Waals surface area contributed by atoms with Crippen molar-refractivity contribution in [2.24, 2.45) is 0 Å². The summed E-state index contributed by atoms with van der Waals surface area (Å²) in [6.45, 7) is 0. The van der Waals surface area contributed by atoms with E-state index in [1.165, 1.54) is 0 Å². The average Bonchev–Trinajstić information content (AvgIpc) is 3.02. The Morgan fingerprint density at radius 3 is 1.10 bits per heavy atom. The van der Waals surface area contributed by atoms with Crippen molar-refractivity contribution in [3.05, 3.63) is 168 Å². The Morgan fingerprint density at radius 2 is 0.775 bits per heavy atom. The van der Waals surface area contributed by atoms with Crippen LogP contribution in [0.25, 0.3) is 22.3 Å². The molecule has 0 saturated carbocycles. The van der Waals surface area contributed by atoms with Crippen LogP contribution in [-0.4, -0.2) is 15.5 Å². The monoisotopic (exact) mass is 558 g/mol. The van der Waals surface area contributed by atoms with Crippen molar-refractivity contribution in [3.8, 4) is 0 Å². The Hall–Kier alpha value is -3.91. The molecule has 0 bridgehead atoms. The summed E-state index contributed by atoms with van der Waals surface area (Å²) in [7, 11) is 0. The maximum atomic E-state index is 14.4. The lowest BCUT2D eigenvalue weighted by atomic mass is 9.74. The lowest BCUT2D eigenvalue weighted by Crippen LogP contribution is -2.46. The molecule has 6 rings (SSSR count). The van der Waals surface area contributed by atoms with Crippen molar-refractivity contribution in [1.29, 1.82) is 0 Å². The van der Waals surface area contributed by atoms with Crippen LogP contribution in [0, 0.1) is 0 Å². The zero-order valence-electron chi connectivity index (χ0n) is 21.9. The van der Waals surface area contributed by atoms with Gasteiger partial charge in [0, 0.05) is 12.8 Å². The van der Waals surface area contributed by atoms with Crippen LogP contribution in [-0.2, 0) is 4.79 Å². The Balaban J connectivity index is 1.39. The number of alkyl halides is 2. The van der Waals surface area contributed by atoms with Crippen LogP contribution in [0.3, 0.4) is 0 Å². The van der Waals surface area contributed by atoms with E-state index < -0.39 is 9.75 Å². The summed E-state index contributed by atoms with van der Waals surface area (Å²) in [4.78, 5) is 11.8. The van der Waals surface area contributed by atoms with E-state index in [0.717, 1.165) is 44.5 Å². The topological polar surface area (TPSA) is 17.1 Å². The fourth-order valence-corrected chi connectivity index (χ4v) is 6.46. The highest BCUT2D eigenvalue weighted by Crippen LogP contribution is 2.48. The lowest BCUT2D eigenvalue weighted by Gasteiger charge is -2.37. The number of ketones is 1. The summed E-state index contributed by atoms with van der Waals surface area (Å²) in [6.07, 6.45) is 8.33. The zero-order chi connectivity index (χ0) is 27.6. The van der Waals surface area contributed by atoms with Crippen LogP contribution >= 0.6 is 23.2 Å². The molecule has 4 aromatic carbocycles. The molecular formula is C37H28Cl2O. The number of hydrogen-bond donors (Lipinski definition) is 0. The van der Waals surface area contributed by atoms with E-state index in [2.05, 4.69) is 48.5 Å². The van der Waals surface area contributed by atoms with Crippen molar-refractivity contribution in [2.75, 3.05) is 0 Å². The van der Waals surface area contributed by atoms with Gasteiger partial charge in [-0.05, 0) is 44.5 Å². The smallest absolute Gasteiger partial charge is 0.182 e. The van der Waals surface area contributed by atoms with Gasteiger partial charge in [0.2, 0.25) is 0 Å². The summed E-state index contributed by atoms with van der Waals surface area (Å²) < 4.78 is 0. The quantitative estimate of drug-likeness (QED) is 0.215. The number of benzene rings is 4. The molecule has 1 nitrogen and oxygen atoms in total. The van der Waals surface area contributed by atoms with Crippen molar-refractivity contribution >= 4 is 51.3 Å². The molecule has 3 heteroatoms. The molecule has 2 atom stereocenters. The Kier molecular flexibility index (Phi) is 7.19. The fourth-order valence-electron chi connectivity index (χ4n) is 5.68. The number of allylic oxidation sites excluding steroid dienone is 8. The molecule has 2 aliphatic carbocycles. The molecule has 4 aromatic rings. The lowest BCUT2D eigenvalue weighted by molar-refractivity contribution is -0.121. The minimum Gasteiger partial charge on any atom is -0.295 e. The maximum Gasteiger partial charge on any atom is 0.182 e.